The average Bonchev–Trinajstić information content (AvgIpc) is 2.02. The van der Waals surface area contributed by atoms with Gasteiger partial charge < -0.3 is 0 Å². The van der Waals surface area contributed by atoms with Gasteiger partial charge in [-0.2, -0.15) is 0 Å². The molecule has 0 spiro atoms. The fourth-order valence-corrected chi connectivity index (χ4v) is 2.83. The van der Waals surface area contributed by atoms with Crippen molar-refractivity contribution in [2.24, 2.45) is 16.8 Å². The van der Waals surface area contributed by atoms with Gasteiger partial charge in [-0.05, 0) is 46.0 Å². The van der Waals surface area contributed by atoms with E-state index in [1.807, 2.05) is 0 Å². The highest BCUT2D eigenvalue weighted by atomic mass is 14.9. The Morgan fingerprint density at radius 3 is 2.85 bits per heavy atom. The molecule has 0 aromatic heterocycles. The molecule has 1 nitrogen and oxygen atoms in total. The molecule has 0 radical (unpaired) electrons. The first-order valence-electron chi connectivity index (χ1n) is 5.25. The van der Waals surface area contributed by atoms with Crippen molar-refractivity contribution in [2.75, 3.05) is 0 Å². The predicted molar refractivity (Wildman–Crippen MR) is 57.2 cm³/mol. The topological polar surface area (TPSA) is 12.4 Å². The first-order valence-corrected chi connectivity index (χ1v) is 5.25. The number of nitrogens with zero attached hydrogens (tertiary/aromatic N) is 1. The van der Waals surface area contributed by atoms with Crippen LogP contribution in [0.2, 0.25) is 0 Å². The number of hydrogen-bond donors (Lipinski definition) is 0. The van der Waals surface area contributed by atoms with Gasteiger partial charge in [0.25, 0.3) is 0 Å². The van der Waals surface area contributed by atoms with Crippen LogP contribution in [0.15, 0.2) is 17.1 Å². The maximum absolute atomic E-state index is 4.81. The summed E-state index contributed by atoms with van der Waals surface area (Å²) in [6.45, 7) is 10.9. The lowest BCUT2D eigenvalue weighted by Gasteiger charge is -2.43. The van der Waals surface area contributed by atoms with E-state index in [1.165, 1.54) is 30.5 Å². The minimum Gasteiger partial charge on any atom is -0.287 e. The van der Waals surface area contributed by atoms with Crippen LogP contribution in [-0.4, -0.2) is 11.3 Å². The van der Waals surface area contributed by atoms with E-state index in [4.69, 9.17) is 4.99 Å². The molecule has 2 bridgehead atoms. The molecular formula is C12H19N. The number of hydrogen-bond acceptors (Lipinski definition) is 1. The Morgan fingerprint density at radius 2 is 2.15 bits per heavy atom. The summed E-state index contributed by atoms with van der Waals surface area (Å²) in [6.07, 6.45) is 3.80. The van der Waals surface area contributed by atoms with E-state index in [9.17, 15) is 0 Å². The van der Waals surface area contributed by atoms with Crippen molar-refractivity contribution in [2.45, 2.75) is 45.6 Å². The van der Waals surface area contributed by atoms with Crippen LogP contribution in [0, 0.1) is 11.8 Å². The Hall–Kier alpha value is -0.590. The van der Waals surface area contributed by atoms with Crippen molar-refractivity contribution in [3.8, 4) is 0 Å². The third-order valence-corrected chi connectivity index (χ3v) is 3.79. The third kappa shape index (κ3) is 1.34. The zero-order valence-electron chi connectivity index (χ0n) is 8.93. The van der Waals surface area contributed by atoms with Gasteiger partial charge in [-0.15, -0.1) is 0 Å². The lowest BCUT2D eigenvalue weighted by atomic mass is 9.67. The molecule has 1 aliphatic heterocycles. The minimum absolute atomic E-state index is 0.182. The lowest BCUT2D eigenvalue weighted by molar-refractivity contribution is 0.231. The normalized spacial score (nSPS) is 37.2. The standard InChI is InChI=1S/C12H19N/c1-8-5-6-10-7-11(8)9(2)13-12(10,3)4/h10-11H,1,5-7H2,2-4H3/t10-,11?/m1/s1. The van der Waals surface area contributed by atoms with Gasteiger partial charge in [-0.25, -0.2) is 0 Å². The molecule has 0 N–H and O–H groups in total. The summed E-state index contributed by atoms with van der Waals surface area (Å²) in [5, 5.41) is 0. The van der Waals surface area contributed by atoms with Gasteiger partial charge in [0.1, 0.15) is 0 Å². The quantitative estimate of drug-likeness (QED) is 0.504. The first kappa shape index (κ1) is 8.98. The fraction of sp³-hybridized carbons (Fsp3) is 0.750. The average molecular weight is 177 g/mol. The largest absolute Gasteiger partial charge is 0.287 e. The fourth-order valence-electron chi connectivity index (χ4n) is 2.83. The molecule has 0 amide bonds. The molecule has 0 saturated heterocycles. The van der Waals surface area contributed by atoms with E-state index in [0.29, 0.717) is 5.92 Å². The van der Waals surface area contributed by atoms with Crippen LogP contribution in [0.3, 0.4) is 0 Å². The van der Waals surface area contributed by atoms with Crippen LogP contribution in [0.4, 0.5) is 0 Å². The van der Waals surface area contributed by atoms with Gasteiger partial charge in [0, 0.05) is 11.6 Å². The Bertz CT molecular complexity index is 273. The molecule has 2 aliphatic rings. The maximum Gasteiger partial charge on any atom is 0.0580 e. The van der Waals surface area contributed by atoms with Crippen molar-refractivity contribution >= 4 is 5.71 Å². The van der Waals surface area contributed by atoms with E-state index in [-0.39, 0.29) is 5.54 Å². The van der Waals surface area contributed by atoms with Gasteiger partial charge in [0.15, 0.2) is 0 Å². The molecule has 72 valence electrons. The summed E-state index contributed by atoms with van der Waals surface area (Å²) in [5.41, 5.74) is 2.90. The first-order chi connectivity index (χ1) is 6.00. The SMILES string of the molecule is C=C1CC[C@@H]2CC1C(C)=NC2(C)C. The molecule has 1 heteroatoms. The highest BCUT2D eigenvalue weighted by Crippen LogP contribution is 2.44. The second-order valence-corrected chi connectivity index (χ2v) is 5.09. The molecule has 13 heavy (non-hydrogen) atoms. The van der Waals surface area contributed by atoms with Crippen LogP contribution >= 0.6 is 0 Å². The second kappa shape index (κ2) is 2.70. The second-order valence-electron chi connectivity index (χ2n) is 5.09. The van der Waals surface area contributed by atoms with Gasteiger partial charge in [-0.3, -0.25) is 4.99 Å². The van der Waals surface area contributed by atoms with Crippen molar-refractivity contribution in [1.29, 1.82) is 0 Å². The van der Waals surface area contributed by atoms with Gasteiger partial charge >= 0.3 is 0 Å². The molecule has 1 aliphatic carbocycles. The summed E-state index contributed by atoms with van der Waals surface area (Å²) < 4.78 is 0. The summed E-state index contributed by atoms with van der Waals surface area (Å²) in [7, 11) is 0. The van der Waals surface area contributed by atoms with E-state index in [1.54, 1.807) is 0 Å². The molecule has 0 aromatic rings. The molecule has 2 rings (SSSR count). The van der Waals surface area contributed by atoms with Gasteiger partial charge in [0.2, 0.25) is 0 Å². The maximum atomic E-state index is 4.81. The molecular weight excluding hydrogens is 158 g/mol. The smallest absolute Gasteiger partial charge is 0.0580 e. The van der Waals surface area contributed by atoms with Crippen LogP contribution in [0.1, 0.15) is 40.0 Å². The van der Waals surface area contributed by atoms with Crippen molar-refractivity contribution < 1.29 is 0 Å². The highest BCUT2D eigenvalue weighted by molar-refractivity contribution is 5.88. The highest BCUT2D eigenvalue weighted by Gasteiger charge is 2.39. The van der Waals surface area contributed by atoms with Gasteiger partial charge in [0.05, 0.1) is 5.54 Å². The summed E-state index contributed by atoms with van der Waals surface area (Å²) >= 11 is 0. The Kier molecular flexibility index (Phi) is 1.86. The minimum atomic E-state index is 0.182. The Morgan fingerprint density at radius 1 is 1.46 bits per heavy atom. The van der Waals surface area contributed by atoms with E-state index < -0.39 is 0 Å². The number of aliphatic imine (C=N–C) groups is 1. The summed E-state index contributed by atoms with van der Waals surface area (Å²) in [4.78, 5) is 4.81. The predicted octanol–water partition coefficient (Wildman–Crippen LogP) is 3.21. The number of allylic oxidation sites excluding steroid dienone is 1. The van der Waals surface area contributed by atoms with Gasteiger partial charge in [-0.1, -0.05) is 12.2 Å². The van der Waals surface area contributed by atoms with Crippen LogP contribution in [0.25, 0.3) is 0 Å². The van der Waals surface area contributed by atoms with Crippen molar-refractivity contribution in [3.63, 3.8) is 0 Å². The molecule has 1 fully saturated rings. The van der Waals surface area contributed by atoms with Crippen LogP contribution in [-0.2, 0) is 0 Å². The Balaban J connectivity index is 2.37. The summed E-state index contributed by atoms with van der Waals surface area (Å²) in [5.74, 6) is 1.39. The number of fused-ring (bicyclic) bond motifs is 2. The zero-order chi connectivity index (χ0) is 9.64. The Labute approximate surface area is 80.9 Å². The van der Waals surface area contributed by atoms with E-state index in [2.05, 4.69) is 27.4 Å². The van der Waals surface area contributed by atoms with Crippen molar-refractivity contribution in [1.82, 2.24) is 0 Å². The van der Waals surface area contributed by atoms with E-state index >= 15 is 0 Å². The van der Waals surface area contributed by atoms with E-state index in [0.717, 1.165) is 5.92 Å². The van der Waals surface area contributed by atoms with Crippen LogP contribution < -0.4 is 0 Å². The lowest BCUT2D eigenvalue weighted by Crippen LogP contribution is -2.41. The third-order valence-electron chi connectivity index (χ3n) is 3.79. The zero-order valence-corrected chi connectivity index (χ0v) is 8.93. The molecule has 1 unspecified atom stereocenters. The number of rotatable bonds is 0. The molecule has 0 aromatic carbocycles. The van der Waals surface area contributed by atoms with Crippen LogP contribution in [0.5, 0.6) is 0 Å². The monoisotopic (exact) mass is 177 g/mol. The molecule has 1 saturated carbocycles. The summed E-state index contributed by atoms with van der Waals surface area (Å²) in [6, 6.07) is 0. The molecule has 1 heterocycles. The van der Waals surface area contributed by atoms with Crippen molar-refractivity contribution in [3.05, 3.63) is 12.2 Å². The molecule has 2 atom stereocenters.